The van der Waals surface area contributed by atoms with Crippen LogP contribution in [0.5, 0.6) is 0 Å². The summed E-state index contributed by atoms with van der Waals surface area (Å²) in [4.78, 5) is 11.4. The number of carbonyl (C=O) groups is 1. The maximum Gasteiger partial charge on any atom is 0.162 e. The Morgan fingerprint density at radius 2 is 2.31 bits per heavy atom. The van der Waals surface area contributed by atoms with Gasteiger partial charge in [0.2, 0.25) is 0 Å². The number of carbonyl (C=O) groups excluding carboxylic acids is 1. The number of ether oxygens (including phenoxy) is 1. The Bertz CT molecular complexity index is 265. The zero-order chi connectivity index (χ0) is 9.26. The summed E-state index contributed by atoms with van der Waals surface area (Å²) >= 11 is 0. The third-order valence-electron chi connectivity index (χ3n) is 2.71. The molecular weight excluding hydrogens is 164 g/mol. The van der Waals surface area contributed by atoms with Gasteiger partial charge < -0.3 is 4.74 Å². The average Bonchev–Trinajstić information content (AvgIpc) is 2.39. The van der Waals surface area contributed by atoms with Crippen LogP contribution >= 0.6 is 0 Å². The van der Waals surface area contributed by atoms with Crippen LogP contribution in [0.15, 0.2) is 24.3 Å². The van der Waals surface area contributed by atoms with Gasteiger partial charge in [-0.3, -0.25) is 4.79 Å². The molecule has 0 heterocycles. The molecule has 3 aliphatic carbocycles. The lowest BCUT2D eigenvalue weighted by molar-refractivity contribution is -0.118. The van der Waals surface area contributed by atoms with Crippen molar-refractivity contribution in [2.75, 3.05) is 6.61 Å². The molecule has 3 rings (SSSR count). The predicted molar refractivity (Wildman–Crippen MR) is 50.3 cm³/mol. The van der Waals surface area contributed by atoms with Gasteiger partial charge in [0.15, 0.2) is 5.78 Å². The van der Waals surface area contributed by atoms with Crippen molar-refractivity contribution >= 4 is 5.78 Å². The van der Waals surface area contributed by atoms with Crippen LogP contribution in [0.3, 0.4) is 0 Å². The number of ketones is 1. The molecule has 3 aliphatic rings. The highest BCUT2D eigenvalue weighted by atomic mass is 16.5. The Balaban J connectivity index is 2.19. The van der Waals surface area contributed by atoms with Crippen molar-refractivity contribution in [3.05, 3.63) is 24.3 Å². The maximum absolute atomic E-state index is 11.4. The molecule has 2 bridgehead atoms. The summed E-state index contributed by atoms with van der Waals surface area (Å²) in [5, 5.41) is 0. The van der Waals surface area contributed by atoms with Gasteiger partial charge >= 0.3 is 0 Å². The third kappa shape index (κ3) is 1.59. The molecular formula is C11H14O2. The van der Waals surface area contributed by atoms with Crippen molar-refractivity contribution in [1.82, 2.24) is 0 Å². The van der Waals surface area contributed by atoms with Gasteiger partial charge in [-0.2, -0.15) is 0 Å². The van der Waals surface area contributed by atoms with Gasteiger partial charge in [-0.1, -0.05) is 18.2 Å². The Labute approximate surface area is 78.3 Å². The first-order valence-corrected chi connectivity index (χ1v) is 4.83. The van der Waals surface area contributed by atoms with E-state index in [1.165, 1.54) is 0 Å². The van der Waals surface area contributed by atoms with Gasteiger partial charge in [-0.25, -0.2) is 0 Å². The Kier molecular flexibility index (Phi) is 2.32. The highest BCUT2D eigenvalue weighted by Crippen LogP contribution is 2.30. The monoisotopic (exact) mass is 178 g/mol. The van der Waals surface area contributed by atoms with E-state index in [1.54, 1.807) is 6.08 Å². The quantitative estimate of drug-likeness (QED) is 0.602. The summed E-state index contributed by atoms with van der Waals surface area (Å²) in [5.41, 5.74) is 0. The molecule has 0 aromatic rings. The number of fused-ring (bicyclic) bond motifs is 2. The average molecular weight is 178 g/mol. The van der Waals surface area contributed by atoms with Crippen molar-refractivity contribution in [3.8, 4) is 0 Å². The predicted octanol–water partition coefficient (Wildman–Crippen LogP) is 1.72. The first-order valence-electron chi connectivity index (χ1n) is 4.83. The van der Waals surface area contributed by atoms with Gasteiger partial charge in [0, 0.05) is 18.4 Å². The third-order valence-corrected chi connectivity index (χ3v) is 2.71. The molecule has 13 heavy (non-hydrogen) atoms. The van der Waals surface area contributed by atoms with Gasteiger partial charge in [0.25, 0.3) is 0 Å². The summed E-state index contributed by atoms with van der Waals surface area (Å²) in [6, 6.07) is 0. The SMILES string of the molecule is CCO[C@@H]1CC2C=CC1C=CC2=O. The molecule has 0 radical (unpaired) electrons. The van der Waals surface area contributed by atoms with Gasteiger partial charge in [0.05, 0.1) is 6.10 Å². The van der Waals surface area contributed by atoms with Gasteiger partial charge in [-0.05, 0) is 19.4 Å². The van der Waals surface area contributed by atoms with Crippen LogP contribution in [0.1, 0.15) is 13.3 Å². The second-order valence-corrected chi connectivity index (χ2v) is 3.56. The number of allylic oxidation sites excluding steroid dienone is 2. The molecule has 0 saturated heterocycles. The summed E-state index contributed by atoms with van der Waals surface area (Å²) in [5.74, 6) is 0.593. The molecule has 0 fully saturated rings. The number of rotatable bonds is 2. The van der Waals surface area contributed by atoms with E-state index in [2.05, 4.69) is 6.08 Å². The van der Waals surface area contributed by atoms with E-state index < -0.39 is 0 Å². The molecule has 0 N–H and O–H groups in total. The zero-order valence-electron chi connectivity index (χ0n) is 7.77. The topological polar surface area (TPSA) is 26.3 Å². The lowest BCUT2D eigenvalue weighted by Gasteiger charge is -2.26. The Morgan fingerprint density at radius 1 is 1.46 bits per heavy atom. The lowest BCUT2D eigenvalue weighted by atomic mass is 9.87. The van der Waals surface area contributed by atoms with E-state index in [0.29, 0.717) is 5.92 Å². The van der Waals surface area contributed by atoms with Crippen LogP contribution in [-0.4, -0.2) is 18.5 Å². The van der Waals surface area contributed by atoms with E-state index in [4.69, 9.17) is 4.74 Å². The van der Waals surface area contributed by atoms with Crippen molar-refractivity contribution in [3.63, 3.8) is 0 Å². The lowest BCUT2D eigenvalue weighted by Crippen LogP contribution is -2.27. The Hall–Kier alpha value is -0.890. The Morgan fingerprint density at radius 3 is 3.08 bits per heavy atom. The minimum Gasteiger partial charge on any atom is -0.378 e. The molecule has 70 valence electrons. The largest absolute Gasteiger partial charge is 0.378 e. The van der Waals surface area contributed by atoms with E-state index in [0.717, 1.165) is 13.0 Å². The molecule has 2 heteroatoms. The molecule has 0 aliphatic heterocycles. The van der Waals surface area contributed by atoms with Crippen molar-refractivity contribution in [2.45, 2.75) is 19.4 Å². The molecule has 3 atom stereocenters. The fourth-order valence-electron chi connectivity index (χ4n) is 1.99. The van der Waals surface area contributed by atoms with E-state index in [-0.39, 0.29) is 17.8 Å². The number of hydrogen-bond donors (Lipinski definition) is 0. The van der Waals surface area contributed by atoms with Crippen molar-refractivity contribution < 1.29 is 9.53 Å². The van der Waals surface area contributed by atoms with E-state index in [9.17, 15) is 4.79 Å². The van der Waals surface area contributed by atoms with Crippen molar-refractivity contribution in [2.24, 2.45) is 11.8 Å². The first kappa shape index (κ1) is 8.70. The summed E-state index contributed by atoms with van der Waals surface area (Å²) in [7, 11) is 0. The fraction of sp³-hybridized carbons (Fsp3) is 0.545. The van der Waals surface area contributed by atoms with Gasteiger partial charge in [0.1, 0.15) is 0 Å². The number of hydrogen-bond acceptors (Lipinski definition) is 2. The summed E-state index contributed by atoms with van der Waals surface area (Å²) in [6.45, 7) is 2.72. The van der Waals surface area contributed by atoms with Crippen LogP contribution in [0, 0.1) is 11.8 Å². The smallest absolute Gasteiger partial charge is 0.162 e. The molecule has 2 unspecified atom stereocenters. The highest BCUT2D eigenvalue weighted by molar-refractivity contribution is 5.93. The molecule has 0 aromatic carbocycles. The van der Waals surface area contributed by atoms with Gasteiger partial charge in [-0.15, -0.1) is 0 Å². The second kappa shape index (κ2) is 3.46. The van der Waals surface area contributed by atoms with Crippen LogP contribution in [0.25, 0.3) is 0 Å². The van der Waals surface area contributed by atoms with Crippen LogP contribution in [0.2, 0.25) is 0 Å². The van der Waals surface area contributed by atoms with Crippen molar-refractivity contribution in [1.29, 1.82) is 0 Å². The fourth-order valence-corrected chi connectivity index (χ4v) is 1.99. The van der Waals surface area contributed by atoms with E-state index in [1.807, 2.05) is 19.1 Å². The standard InChI is InChI=1S/C11H14O2/c1-2-13-11-7-9-4-3-8(11)5-6-10(9)12/h3-6,8-9,11H,2,7H2,1H3/t8?,9?,11-/m1/s1. The molecule has 0 amide bonds. The second-order valence-electron chi connectivity index (χ2n) is 3.56. The van der Waals surface area contributed by atoms with Crippen LogP contribution in [0.4, 0.5) is 0 Å². The zero-order valence-corrected chi connectivity index (χ0v) is 7.77. The molecule has 2 nitrogen and oxygen atoms in total. The van der Waals surface area contributed by atoms with Crippen LogP contribution < -0.4 is 0 Å². The minimum absolute atomic E-state index is 0.0616. The molecule has 0 aromatic heterocycles. The summed E-state index contributed by atoms with van der Waals surface area (Å²) in [6.07, 6.45) is 8.84. The normalized spacial score (nSPS) is 36.7. The maximum atomic E-state index is 11.4. The van der Waals surface area contributed by atoms with E-state index >= 15 is 0 Å². The highest BCUT2D eigenvalue weighted by Gasteiger charge is 2.31. The first-order chi connectivity index (χ1) is 6.31. The minimum atomic E-state index is 0.0616. The molecule has 0 spiro atoms. The van der Waals surface area contributed by atoms with Crippen LogP contribution in [-0.2, 0) is 9.53 Å². The summed E-state index contributed by atoms with van der Waals surface area (Å²) < 4.78 is 5.59. The molecule has 0 saturated carbocycles.